The molecule has 6 nitrogen and oxygen atoms in total. The number of esters is 1. The Morgan fingerprint density at radius 3 is 2.05 bits per heavy atom. The van der Waals surface area contributed by atoms with Gasteiger partial charge < -0.3 is 10.1 Å². The largest absolute Gasteiger partial charge is 0.407 e. The first-order valence-corrected chi connectivity index (χ1v) is 6.86. The average Bonchev–Trinajstić information content (AvgIpc) is 2.48. The van der Waals surface area contributed by atoms with E-state index in [0.29, 0.717) is 25.2 Å². The van der Waals surface area contributed by atoms with Crippen LogP contribution in [0.4, 0.5) is 0 Å². The third kappa shape index (κ3) is 12.7. The molecule has 1 N–H and O–H groups in total. The number of carbonyl (C=O) groups excluding carboxylic acids is 3. The van der Waals surface area contributed by atoms with E-state index < -0.39 is 0 Å². The van der Waals surface area contributed by atoms with Crippen LogP contribution in [0.3, 0.4) is 0 Å². The van der Waals surface area contributed by atoms with E-state index in [1.54, 1.807) is 13.1 Å². The van der Waals surface area contributed by atoms with Crippen molar-refractivity contribution in [2.75, 3.05) is 13.6 Å². The Labute approximate surface area is 126 Å². The van der Waals surface area contributed by atoms with Gasteiger partial charge in [-0.3, -0.25) is 14.5 Å². The predicted molar refractivity (Wildman–Crippen MR) is 82.1 cm³/mol. The van der Waals surface area contributed by atoms with Crippen molar-refractivity contribution in [1.82, 2.24) is 10.2 Å². The van der Waals surface area contributed by atoms with Crippen molar-refractivity contribution in [1.29, 1.82) is 0 Å². The van der Waals surface area contributed by atoms with Gasteiger partial charge in [-0.25, -0.2) is 4.79 Å². The van der Waals surface area contributed by atoms with E-state index in [0.717, 1.165) is 23.3 Å². The molecule has 0 aromatic heterocycles. The zero-order valence-electron chi connectivity index (χ0n) is 13.5. The molecule has 6 heteroatoms. The van der Waals surface area contributed by atoms with Gasteiger partial charge >= 0.3 is 5.97 Å². The summed E-state index contributed by atoms with van der Waals surface area (Å²) in [7, 11) is 1.72. The summed E-state index contributed by atoms with van der Waals surface area (Å²) in [4.78, 5) is 31.8. The summed E-state index contributed by atoms with van der Waals surface area (Å²) in [6, 6.07) is 0. The van der Waals surface area contributed by atoms with E-state index >= 15 is 0 Å². The first kappa shape index (κ1) is 21.2. The zero-order valence-corrected chi connectivity index (χ0v) is 13.5. The third-order valence-corrected chi connectivity index (χ3v) is 2.13. The molecule has 120 valence electrons. The number of carbonyl (C=O) groups is 3. The van der Waals surface area contributed by atoms with Crippen LogP contribution < -0.4 is 5.32 Å². The van der Waals surface area contributed by atoms with Crippen molar-refractivity contribution in [3.05, 3.63) is 23.6 Å². The number of rotatable bonds is 8. The number of hydrogen-bond acceptors (Lipinski definition) is 5. The third-order valence-electron chi connectivity index (χ3n) is 2.13. The molecule has 0 saturated carbocycles. The van der Waals surface area contributed by atoms with E-state index in [9.17, 15) is 14.4 Å². The maximum atomic E-state index is 11.1. The lowest BCUT2D eigenvalue weighted by atomic mass is 10.3. The molecule has 0 aliphatic rings. The topological polar surface area (TPSA) is 75.7 Å². The fourth-order valence-corrected chi connectivity index (χ4v) is 1.14. The molecule has 0 rings (SSSR count). The highest BCUT2D eigenvalue weighted by Crippen LogP contribution is 2.01. The van der Waals surface area contributed by atoms with Gasteiger partial charge in [-0.15, -0.1) is 0 Å². The van der Waals surface area contributed by atoms with Crippen LogP contribution in [0.2, 0.25) is 0 Å². The standard InChI is InChI=1S/C10H17NO2.C5H9NO2/c1-5-6-7-9(12)13-10(11-4)8(2)3;1-2-3-6(4-7)5-8/h6-7,11H,5H2,1-4H3;4-5H,2-3H2,1H3/b7-6+;. The summed E-state index contributed by atoms with van der Waals surface area (Å²) < 4.78 is 5.01. The molecule has 2 amide bonds. The van der Waals surface area contributed by atoms with Gasteiger partial charge in [-0.2, -0.15) is 0 Å². The lowest BCUT2D eigenvalue weighted by molar-refractivity contribution is -0.134. The van der Waals surface area contributed by atoms with Crippen LogP contribution in [0.5, 0.6) is 0 Å². The Hall–Kier alpha value is -2.11. The first-order valence-electron chi connectivity index (χ1n) is 6.86. The normalized spacial score (nSPS) is 9.19. The van der Waals surface area contributed by atoms with Gasteiger partial charge in [0.05, 0.1) is 0 Å². The van der Waals surface area contributed by atoms with Crippen LogP contribution in [0, 0.1) is 0 Å². The quantitative estimate of drug-likeness (QED) is 0.321. The lowest BCUT2D eigenvalue weighted by Crippen LogP contribution is -2.19. The molecule has 0 aromatic carbocycles. The van der Waals surface area contributed by atoms with Crippen LogP contribution in [0.1, 0.15) is 40.5 Å². The second-order valence-electron chi connectivity index (χ2n) is 4.26. The van der Waals surface area contributed by atoms with Gasteiger partial charge in [0, 0.05) is 19.7 Å². The highest BCUT2D eigenvalue weighted by Gasteiger charge is 2.02. The molecule has 0 atom stereocenters. The second kappa shape index (κ2) is 14.3. The Morgan fingerprint density at radius 2 is 1.76 bits per heavy atom. The van der Waals surface area contributed by atoms with E-state index in [1.165, 1.54) is 6.08 Å². The molecule has 0 aromatic rings. The monoisotopic (exact) mass is 298 g/mol. The number of ether oxygens (including phenoxy) is 1. The average molecular weight is 298 g/mol. The van der Waals surface area contributed by atoms with Gasteiger partial charge in [0.15, 0.2) is 5.88 Å². The second-order valence-corrected chi connectivity index (χ2v) is 4.26. The minimum absolute atomic E-state index is 0.340. The number of amides is 2. The number of nitrogens with one attached hydrogen (secondary N) is 1. The van der Waals surface area contributed by atoms with Crippen LogP contribution in [0.25, 0.3) is 0 Å². The van der Waals surface area contributed by atoms with E-state index in [1.807, 2.05) is 27.7 Å². The molecule has 0 radical (unpaired) electrons. The van der Waals surface area contributed by atoms with Crippen LogP contribution in [0.15, 0.2) is 23.6 Å². The van der Waals surface area contributed by atoms with E-state index in [4.69, 9.17) is 4.74 Å². The number of allylic oxidation sites excluding steroid dienone is 2. The zero-order chi connectivity index (χ0) is 16.7. The molecular formula is C15H26N2O4. The summed E-state index contributed by atoms with van der Waals surface area (Å²) in [5, 5.41) is 2.81. The van der Waals surface area contributed by atoms with Crippen LogP contribution in [-0.2, 0) is 19.1 Å². The fourth-order valence-electron chi connectivity index (χ4n) is 1.14. The molecular weight excluding hydrogens is 272 g/mol. The molecule has 0 spiro atoms. The van der Waals surface area contributed by atoms with Crippen molar-refractivity contribution in [3.8, 4) is 0 Å². The molecule has 21 heavy (non-hydrogen) atoms. The van der Waals surface area contributed by atoms with Crippen molar-refractivity contribution < 1.29 is 19.1 Å². The predicted octanol–water partition coefficient (Wildman–Crippen LogP) is 1.98. The Kier molecular flexibility index (Phi) is 14.4. The maximum Gasteiger partial charge on any atom is 0.337 e. The summed E-state index contributed by atoms with van der Waals surface area (Å²) in [5.74, 6) is 0.179. The molecule has 0 bridgehead atoms. The van der Waals surface area contributed by atoms with Crippen molar-refractivity contribution in [3.63, 3.8) is 0 Å². The lowest BCUT2D eigenvalue weighted by Gasteiger charge is -2.07. The Balaban J connectivity index is 0. The summed E-state index contributed by atoms with van der Waals surface area (Å²) in [6.07, 6.45) is 5.89. The highest BCUT2D eigenvalue weighted by atomic mass is 16.5. The van der Waals surface area contributed by atoms with Crippen LogP contribution in [-0.4, -0.2) is 37.3 Å². The molecule has 0 heterocycles. The highest BCUT2D eigenvalue weighted by molar-refractivity contribution is 5.82. The Morgan fingerprint density at radius 1 is 1.19 bits per heavy atom. The molecule has 0 aliphatic carbocycles. The smallest absolute Gasteiger partial charge is 0.337 e. The van der Waals surface area contributed by atoms with Gasteiger partial charge in [0.25, 0.3) is 0 Å². The van der Waals surface area contributed by atoms with Crippen molar-refractivity contribution in [2.45, 2.75) is 40.5 Å². The van der Waals surface area contributed by atoms with Gasteiger partial charge in [0.1, 0.15) is 0 Å². The van der Waals surface area contributed by atoms with Crippen molar-refractivity contribution >= 4 is 18.8 Å². The number of nitrogens with zero attached hydrogens (tertiary/aromatic N) is 1. The SMILES string of the molecule is CC/C=C/C(=O)OC(NC)=C(C)C.CCCN(C=O)C=O. The Bertz CT molecular complexity index is 364. The fraction of sp³-hybridized carbons (Fsp3) is 0.533. The van der Waals surface area contributed by atoms with E-state index in [2.05, 4.69) is 5.32 Å². The maximum absolute atomic E-state index is 11.1. The minimum Gasteiger partial charge on any atom is -0.407 e. The molecule has 0 fully saturated rings. The van der Waals surface area contributed by atoms with Gasteiger partial charge in [-0.05, 0) is 32.3 Å². The van der Waals surface area contributed by atoms with E-state index in [-0.39, 0.29) is 5.97 Å². The summed E-state index contributed by atoms with van der Waals surface area (Å²) in [6.45, 7) is 8.14. The first-order chi connectivity index (χ1) is 9.96. The number of imide groups is 1. The number of hydrogen-bond donors (Lipinski definition) is 1. The van der Waals surface area contributed by atoms with Crippen LogP contribution >= 0.6 is 0 Å². The van der Waals surface area contributed by atoms with Crippen molar-refractivity contribution in [2.24, 2.45) is 0 Å². The van der Waals surface area contributed by atoms with Gasteiger partial charge in [0.2, 0.25) is 12.8 Å². The molecule has 0 aliphatic heterocycles. The minimum atomic E-state index is -0.340. The van der Waals surface area contributed by atoms with Gasteiger partial charge in [-0.1, -0.05) is 19.9 Å². The molecule has 0 saturated heterocycles. The summed E-state index contributed by atoms with van der Waals surface area (Å²) >= 11 is 0. The molecule has 0 unspecified atom stereocenters. The summed E-state index contributed by atoms with van der Waals surface area (Å²) in [5.41, 5.74) is 0.945.